The number of allylic oxidation sites excluding steroid dienone is 4. The predicted molar refractivity (Wildman–Crippen MR) is 244 cm³/mol. The summed E-state index contributed by atoms with van der Waals surface area (Å²) in [5, 5.41) is 0. The molecule has 8 aromatic carbocycles. The van der Waals surface area contributed by atoms with Gasteiger partial charge in [-0.2, -0.15) is 0 Å². The predicted octanol–water partition coefficient (Wildman–Crippen LogP) is 15.5. The maximum Gasteiger partial charge on any atom is 0.0464 e. The Kier molecular flexibility index (Phi) is 11.1. The average Bonchev–Trinajstić information content (AvgIpc) is 3.29. The van der Waals surface area contributed by atoms with E-state index in [1.807, 2.05) is 6.08 Å². The van der Waals surface area contributed by atoms with Crippen molar-refractivity contribution >= 4 is 34.0 Å². The zero-order chi connectivity index (χ0) is 38.8. The van der Waals surface area contributed by atoms with Crippen LogP contribution < -0.4 is 9.80 Å². The zero-order valence-corrected chi connectivity index (χ0v) is 32.1. The Labute approximate surface area is 337 Å². The summed E-state index contributed by atoms with van der Waals surface area (Å²) < 4.78 is 0. The van der Waals surface area contributed by atoms with Gasteiger partial charge >= 0.3 is 0 Å². The minimum atomic E-state index is 1.02. The maximum absolute atomic E-state index is 4.10. The molecule has 0 heterocycles. The normalized spacial score (nSPS) is 11.5. The number of hydrogen-bond donors (Lipinski definition) is 0. The van der Waals surface area contributed by atoms with Crippen LogP contribution >= 0.6 is 0 Å². The molecule has 0 saturated carbocycles. The first-order valence-corrected chi connectivity index (χ1v) is 19.4. The summed E-state index contributed by atoms with van der Waals surface area (Å²) in [6.07, 6.45) is 6.20. The number of nitrogens with zero attached hydrogens (tertiary/aromatic N) is 2. The third kappa shape index (κ3) is 8.47. The first-order valence-electron chi connectivity index (χ1n) is 19.4. The molecular formula is C55H44N2. The molecule has 2 nitrogen and oxygen atoms in total. The van der Waals surface area contributed by atoms with Gasteiger partial charge in [-0.15, -0.1) is 0 Å². The van der Waals surface area contributed by atoms with E-state index in [2.05, 4.69) is 254 Å². The highest BCUT2D eigenvalue weighted by molar-refractivity contribution is 5.82. The van der Waals surface area contributed by atoms with Gasteiger partial charge in [-0.1, -0.05) is 164 Å². The Morgan fingerprint density at radius 3 is 1.25 bits per heavy atom. The van der Waals surface area contributed by atoms with Crippen LogP contribution in [-0.4, -0.2) is 0 Å². The lowest BCUT2D eigenvalue weighted by Gasteiger charge is -2.27. The van der Waals surface area contributed by atoms with Crippen LogP contribution in [0.3, 0.4) is 0 Å². The molecule has 8 rings (SSSR count). The molecule has 57 heavy (non-hydrogen) atoms. The minimum Gasteiger partial charge on any atom is -0.311 e. The third-order valence-electron chi connectivity index (χ3n) is 10.2. The molecule has 0 aliphatic carbocycles. The second kappa shape index (κ2) is 17.4. The highest BCUT2D eigenvalue weighted by Gasteiger charge is 2.16. The fourth-order valence-corrected chi connectivity index (χ4v) is 7.28. The second-order valence-electron chi connectivity index (χ2n) is 13.9. The smallest absolute Gasteiger partial charge is 0.0464 e. The highest BCUT2D eigenvalue weighted by Crippen LogP contribution is 2.38. The Bertz CT molecular complexity index is 2590. The minimum absolute atomic E-state index is 1.02. The van der Waals surface area contributed by atoms with Crippen molar-refractivity contribution in [2.24, 2.45) is 0 Å². The van der Waals surface area contributed by atoms with Crippen molar-refractivity contribution in [2.75, 3.05) is 9.80 Å². The summed E-state index contributed by atoms with van der Waals surface area (Å²) in [5.74, 6) is 0. The molecule has 0 amide bonds. The molecule has 0 N–H and O–H groups in total. The van der Waals surface area contributed by atoms with Crippen LogP contribution in [0, 0.1) is 0 Å². The van der Waals surface area contributed by atoms with Gasteiger partial charge < -0.3 is 9.80 Å². The van der Waals surface area contributed by atoms with Crippen molar-refractivity contribution in [3.8, 4) is 33.4 Å². The van der Waals surface area contributed by atoms with E-state index in [0.29, 0.717) is 0 Å². The number of para-hydroxylation sites is 2. The molecule has 2 heteroatoms. The summed E-state index contributed by atoms with van der Waals surface area (Å²) in [6.45, 7) is 6.28. The lowest BCUT2D eigenvalue weighted by Crippen LogP contribution is -2.15. The Morgan fingerprint density at radius 1 is 0.386 bits per heavy atom. The van der Waals surface area contributed by atoms with E-state index < -0.39 is 0 Å². The van der Waals surface area contributed by atoms with E-state index in [4.69, 9.17) is 0 Å². The van der Waals surface area contributed by atoms with Gasteiger partial charge in [0.15, 0.2) is 0 Å². The Balaban J connectivity index is 1.08. The summed E-state index contributed by atoms with van der Waals surface area (Å²) in [6, 6.07) is 77.4. The number of benzene rings is 8. The molecule has 0 saturated heterocycles. The van der Waals surface area contributed by atoms with Crippen molar-refractivity contribution in [1.29, 1.82) is 0 Å². The summed E-state index contributed by atoms with van der Waals surface area (Å²) in [7, 11) is 0. The summed E-state index contributed by atoms with van der Waals surface area (Å²) in [4.78, 5) is 4.60. The molecule has 0 aliphatic heterocycles. The fourth-order valence-electron chi connectivity index (χ4n) is 7.28. The Morgan fingerprint density at radius 2 is 0.754 bits per heavy atom. The summed E-state index contributed by atoms with van der Waals surface area (Å²) in [5.41, 5.74) is 15.9. The fraction of sp³-hybridized carbons (Fsp3) is 0.0182. The van der Waals surface area contributed by atoms with Crippen LogP contribution in [0.4, 0.5) is 28.4 Å². The SMILES string of the molecule is C=C/C=C(\C=C(/C)c1cccc(-c2ccc(N(c3ccccc3)c3ccc(-c4ccccc4)cc3)cc2)c1)N(c1ccccc1)c1ccc(-c2ccccc2)cc1. The molecule has 0 atom stereocenters. The lowest BCUT2D eigenvalue weighted by atomic mass is 9.98. The standard InChI is InChI=1S/C55H44N2/c1-3-17-55(57(51-26-14-7-15-27-51)54-36-30-46(31-37-54)44-20-10-5-11-21-44)40-42(2)48-22-16-23-49(41-48)47-32-38-53(39-33-47)56(50-24-12-6-13-25-50)52-34-28-45(29-35-52)43-18-8-4-9-19-43/h3-41H,1H2,2H3/b42-40+,55-17+. The number of hydrogen-bond acceptors (Lipinski definition) is 2. The lowest BCUT2D eigenvalue weighted by molar-refractivity contribution is 1.21. The van der Waals surface area contributed by atoms with Crippen molar-refractivity contribution in [2.45, 2.75) is 6.92 Å². The maximum atomic E-state index is 4.10. The van der Waals surface area contributed by atoms with Crippen LogP contribution in [-0.2, 0) is 0 Å². The van der Waals surface area contributed by atoms with E-state index >= 15 is 0 Å². The first-order chi connectivity index (χ1) is 28.1. The Hall–Kier alpha value is -7.42. The van der Waals surface area contributed by atoms with Gasteiger partial charge in [0.2, 0.25) is 0 Å². The average molecular weight is 733 g/mol. The van der Waals surface area contributed by atoms with E-state index in [-0.39, 0.29) is 0 Å². The van der Waals surface area contributed by atoms with Crippen molar-refractivity contribution in [1.82, 2.24) is 0 Å². The first kappa shape index (κ1) is 36.6. The van der Waals surface area contributed by atoms with Crippen LogP contribution in [0.25, 0.3) is 39.0 Å². The van der Waals surface area contributed by atoms with E-state index in [1.165, 1.54) is 22.3 Å². The zero-order valence-electron chi connectivity index (χ0n) is 32.1. The molecule has 0 spiro atoms. The largest absolute Gasteiger partial charge is 0.311 e. The van der Waals surface area contributed by atoms with Crippen molar-refractivity contribution in [3.05, 3.63) is 254 Å². The molecule has 0 fully saturated rings. The molecule has 0 unspecified atom stereocenters. The monoisotopic (exact) mass is 732 g/mol. The molecule has 0 bridgehead atoms. The third-order valence-corrected chi connectivity index (χ3v) is 10.2. The van der Waals surface area contributed by atoms with Crippen molar-refractivity contribution < 1.29 is 0 Å². The van der Waals surface area contributed by atoms with Gasteiger partial charge in [-0.3, -0.25) is 0 Å². The quantitative estimate of drug-likeness (QED) is 0.115. The molecule has 0 aliphatic rings. The highest BCUT2D eigenvalue weighted by atomic mass is 15.1. The van der Waals surface area contributed by atoms with Gasteiger partial charge in [0.1, 0.15) is 0 Å². The molecule has 0 aromatic heterocycles. The van der Waals surface area contributed by atoms with Gasteiger partial charge in [0.25, 0.3) is 0 Å². The van der Waals surface area contributed by atoms with Crippen LogP contribution in [0.1, 0.15) is 12.5 Å². The van der Waals surface area contributed by atoms with Crippen LogP contribution in [0.15, 0.2) is 249 Å². The number of rotatable bonds is 12. The van der Waals surface area contributed by atoms with E-state index in [0.717, 1.165) is 56.4 Å². The van der Waals surface area contributed by atoms with Gasteiger partial charge in [-0.05, 0) is 130 Å². The molecule has 0 radical (unpaired) electrons. The van der Waals surface area contributed by atoms with E-state index in [1.54, 1.807) is 0 Å². The topological polar surface area (TPSA) is 6.48 Å². The molecule has 274 valence electrons. The second-order valence-corrected chi connectivity index (χ2v) is 13.9. The van der Waals surface area contributed by atoms with Crippen LogP contribution in [0.5, 0.6) is 0 Å². The number of anilines is 5. The van der Waals surface area contributed by atoms with Gasteiger partial charge in [-0.25, -0.2) is 0 Å². The van der Waals surface area contributed by atoms with E-state index in [9.17, 15) is 0 Å². The van der Waals surface area contributed by atoms with Crippen molar-refractivity contribution in [3.63, 3.8) is 0 Å². The van der Waals surface area contributed by atoms with Gasteiger partial charge in [0.05, 0.1) is 0 Å². The summed E-state index contributed by atoms with van der Waals surface area (Å²) >= 11 is 0. The molecule has 8 aromatic rings. The van der Waals surface area contributed by atoms with Gasteiger partial charge in [0, 0.05) is 34.1 Å². The van der Waals surface area contributed by atoms with Crippen LogP contribution in [0.2, 0.25) is 0 Å². The molecular weight excluding hydrogens is 689 g/mol.